The first-order valence-electron chi connectivity index (χ1n) is 8.29. The van der Waals surface area contributed by atoms with E-state index in [4.69, 9.17) is 0 Å². The topological polar surface area (TPSA) is 49.3 Å². The second-order valence-electron chi connectivity index (χ2n) is 6.08. The summed E-state index contributed by atoms with van der Waals surface area (Å²) in [6, 6.07) is 24.8. The number of aliphatic hydroxyl groups excluding tert-OH is 1. The molecule has 0 bridgehead atoms. The van der Waals surface area contributed by atoms with Gasteiger partial charge in [0.15, 0.2) is 0 Å². The molecule has 0 saturated carbocycles. The van der Waals surface area contributed by atoms with Crippen molar-refractivity contribution < 1.29 is 9.90 Å². The van der Waals surface area contributed by atoms with Gasteiger partial charge < -0.3 is 10.4 Å². The third kappa shape index (κ3) is 4.14. The molecule has 1 atom stereocenters. The summed E-state index contributed by atoms with van der Waals surface area (Å²) in [5.41, 5.74) is 4.65. The number of carbonyl (C=O) groups excluding carboxylic acids is 1. The van der Waals surface area contributed by atoms with Crippen LogP contribution < -0.4 is 5.32 Å². The molecule has 3 aromatic carbocycles. The van der Waals surface area contributed by atoms with Crippen LogP contribution in [0.15, 0.2) is 78.9 Å². The number of hydrogen-bond donors (Lipinski definition) is 2. The fourth-order valence-corrected chi connectivity index (χ4v) is 2.74. The van der Waals surface area contributed by atoms with Crippen LogP contribution in [0.4, 0.5) is 0 Å². The first-order valence-corrected chi connectivity index (χ1v) is 8.29. The highest BCUT2D eigenvalue weighted by Gasteiger charge is 2.17. The standard InChI is InChI=1S/C22H21NO2/c1-16-7-11-18(12-8-16)21(19-13-9-17(15-24)10-14-19)23-22(25)20-5-3-2-4-6-20/h2-14,21,24H,15H2,1H3,(H,23,25). The summed E-state index contributed by atoms with van der Waals surface area (Å²) in [6.45, 7) is 2.04. The molecule has 0 saturated heterocycles. The Kier molecular flexibility index (Phi) is 5.26. The minimum atomic E-state index is -0.249. The summed E-state index contributed by atoms with van der Waals surface area (Å²) in [5, 5.41) is 12.4. The van der Waals surface area contributed by atoms with Crippen molar-refractivity contribution in [1.82, 2.24) is 5.32 Å². The zero-order valence-corrected chi connectivity index (χ0v) is 14.1. The average Bonchev–Trinajstić information content (AvgIpc) is 2.67. The summed E-state index contributed by atoms with van der Waals surface area (Å²) in [7, 11) is 0. The van der Waals surface area contributed by atoms with Crippen LogP contribution in [0.3, 0.4) is 0 Å². The third-order valence-electron chi connectivity index (χ3n) is 4.22. The summed E-state index contributed by atoms with van der Waals surface area (Å²) in [5.74, 6) is -0.114. The Labute approximate surface area is 148 Å². The molecule has 0 fully saturated rings. The first kappa shape index (κ1) is 16.9. The van der Waals surface area contributed by atoms with Gasteiger partial charge in [-0.05, 0) is 35.7 Å². The van der Waals surface area contributed by atoms with Crippen LogP contribution in [0, 0.1) is 6.92 Å². The van der Waals surface area contributed by atoms with Gasteiger partial charge in [0.1, 0.15) is 0 Å². The molecule has 1 amide bonds. The molecule has 3 aromatic rings. The van der Waals surface area contributed by atoms with E-state index in [9.17, 15) is 9.90 Å². The number of benzene rings is 3. The lowest BCUT2D eigenvalue weighted by molar-refractivity contribution is 0.0943. The Bertz CT molecular complexity index is 824. The zero-order valence-electron chi connectivity index (χ0n) is 14.1. The lowest BCUT2D eigenvalue weighted by atomic mass is 9.96. The Hall–Kier alpha value is -2.91. The van der Waals surface area contributed by atoms with E-state index in [1.165, 1.54) is 5.56 Å². The van der Waals surface area contributed by atoms with Gasteiger partial charge in [-0.2, -0.15) is 0 Å². The van der Waals surface area contributed by atoms with Crippen LogP contribution in [0.2, 0.25) is 0 Å². The van der Waals surface area contributed by atoms with Crippen molar-refractivity contribution in [1.29, 1.82) is 0 Å². The number of aliphatic hydroxyl groups is 1. The average molecular weight is 331 g/mol. The number of hydrogen-bond acceptors (Lipinski definition) is 2. The maximum absolute atomic E-state index is 12.6. The molecular weight excluding hydrogens is 310 g/mol. The highest BCUT2D eigenvalue weighted by molar-refractivity contribution is 5.94. The van der Waals surface area contributed by atoms with E-state index >= 15 is 0 Å². The van der Waals surface area contributed by atoms with Crippen LogP contribution in [-0.2, 0) is 6.61 Å². The fraction of sp³-hybridized carbons (Fsp3) is 0.136. The largest absolute Gasteiger partial charge is 0.392 e. The molecule has 0 aliphatic heterocycles. The second-order valence-corrected chi connectivity index (χ2v) is 6.08. The number of aryl methyl sites for hydroxylation is 1. The molecule has 1 unspecified atom stereocenters. The minimum absolute atomic E-state index is 0.00581. The number of rotatable bonds is 5. The van der Waals surface area contributed by atoms with Gasteiger partial charge in [-0.3, -0.25) is 4.79 Å². The van der Waals surface area contributed by atoms with Gasteiger partial charge >= 0.3 is 0 Å². The van der Waals surface area contributed by atoms with Crippen molar-refractivity contribution in [3.63, 3.8) is 0 Å². The van der Waals surface area contributed by atoms with Crippen LogP contribution in [-0.4, -0.2) is 11.0 Å². The second kappa shape index (κ2) is 7.77. The van der Waals surface area contributed by atoms with Crippen molar-refractivity contribution in [2.24, 2.45) is 0 Å². The zero-order chi connectivity index (χ0) is 17.6. The molecule has 0 radical (unpaired) electrons. The first-order chi connectivity index (χ1) is 12.2. The molecule has 25 heavy (non-hydrogen) atoms. The van der Waals surface area contributed by atoms with Crippen molar-refractivity contribution in [2.75, 3.05) is 0 Å². The lowest BCUT2D eigenvalue weighted by Gasteiger charge is -2.20. The van der Waals surface area contributed by atoms with E-state index in [0.717, 1.165) is 16.7 Å². The van der Waals surface area contributed by atoms with Crippen molar-refractivity contribution >= 4 is 5.91 Å². The van der Waals surface area contributed by atoms with E-state index < -0.39 is 0 Å². The van der Waals surface area contributed by atoms with Crippen LogP contribution >= 0.6 is 0 Å². The molecule has 0 aromatic heterocycles. The Balaban J connectivity index is 1.93. The molecule has 0 heterocycles. The predicted molar refractivity (Wildman–Crippen MR) is 99.3 cm³/mol. The minimum Gasteiger partial charge on any atom is -0.392 e. The molecule has 3 heteroatoms. The summed E-state index contributed by atoms with van der Waals surface area (Å²) < 4.78 is 0. The van der Waals surface area contributed by atoms with E-state index in [1.54, 1.807) is 12.1 Å². The number of carbonyl (C=O) groups is 1. The van der Waals surface area contributed by atoms with Crippen molar-refractivity contribution in [3.8, 4) is 0 Å². The maximum atomic E-state index is 12.6. The normalized spacial score (nSPS) is 11.8. The van der Waals surface area contributed by atoms with Crippen molar-refractivity contribution in [3.05, 3.63) is 107 Å². The fourth-order valence-electron chi connectivity index (χ4n) is 2.74. The molecule has 3 nitrogen and oxygen atoms in total. The van der Waals surface area contributed by atoms with Gasteiger partial charge in [-0.25, -0.2) is 0 Å². The molecule has 0 spiro atoms. The molecule has 126 valence electrons. The van der Waals surface area contributed by atoms with Gasteiger partial charge in [-0.1, -0.05) is 72.3 Å². The predicted octanol–water partition coefficient (Wildman–Crippen LogP) is 4.01. The van der Waals surface area contributed by atoms with Crippen LogP contribution in [0.1, 0.15) is 38.7 Å². The molecule has 2 N–H and O–H groups in total. The van der Waals surface area contributed by atoms with Crippen molar-refractivity contribution in [2.45, 2.75) is 19.6 Å². The van der Waals surface area contributed by atoms with E-state index in [-0.39, 0.29) is 18.6 Å². The van der Waals surface area contributed by atoms with E-state index in [0.29, 0.717) is 5.56 Å². The highest BCUT2D eigenvalue weighted by Crippen LogP contribution is 2.23. The molecule has 0 aliphatic rings. The summed E-state index contributed by atoms with van der Waals surface area (Å²) >= 11 is 0. The molecular formula is C22H21NO2. The molecule has 0 aliphatic carbocycles. The van der Waals surface area contributed by atoms with Gasteiger partial charge in [0.25, 0.3) is 5.91 Å². The summed E-state index contributed by atoms with van der Waals surface area (Å²) in [6.07, 6.45) is 0. The monoisotopic (exact) mass is 331 g/mol. The lowest BCUT2D eigenvalue weighted by Crippen LogP contribution is -2.29. The van der Waals surface area contributed by atoms with Gasteiger partial charge in [0, 0.05) is 5.56 Å². The van der Waals surface area contributed by atoms with E-state index in [1.807, 2.05) is 73.7 Å². The Morgan fingerprint density at radius 1 is 0.880 bits per heavy atom. The highest BCUT2D eigenvalue weighted by atomic mass is 16.3. The maximum Gasteiger partial charge on any atom is 0.252 e. The Morgan fingerprint density at radius 2 is 1.44 bits per heavy atom. The quantitative estimate of drug-likeness (QED) is 0.742. The van der Waals surface area contributed by atoms with Gasteiger partial charge in [0.05, 0.1) is 12.6 Å². The van der Waals surface area contributed by atoms with Crippen LogP contribution in [0.25, 0.3) is 0 Å². The summed E-state index contributed by atoms with van der Waals surface area (Å²) in [4.78, 5) is 12.6. The van der Waals surface area contributed by atoms with Crippen LogP contribution in [0.5, 0.6) is 0 Å². The third-order valence-corrected chi connectivity index (χ3v) is 4.22. The van der Waals surface area contributed by atoms with E-state index in [2.05, 4.69) is 5.32 Å². The number of nitrogens with one attached hydrogen (secondary N) is 1. The Morgan fingerprint density at radius 3 is 2.00 bits per heavy atom. The molecule has 3 rings (SSSR count). The van der Waals surface area contributed by atoms with Gasteiger partial charge in [-0.15, -0.1) is 0 Å². The smallest absolute Gasteiger partial charge is 0.252 e. The number of amides is 1. The van der Waals surface area contributed by atoms with Gasteiger partial charge in [0.2, 0.25) is 0 Å². The SMILES string of the molecule is Cc1ccc(C(NC(=O)c2ccccc2)c2ccc(CO)cc2)cc1.